The minimum Gasteiger partial charge on any atom is -0.482 e. The van der Waals surface area contributed by atoms with Crippen LogP contribution >= 0.6 is 0 Å². The Morgan fingerprint density at radius 3 is 2.84 bits per heavy atom. The number of hydrogen-bond donors (Lipinski definition) is 1. The molecule has 0 aliphatic rings. The maximum Gasteiger partial charge on any atom is 0.358 e. The molecule has 6 nitrogen and oxygen atoms in total. The summed E-state index contributed by atoms with van der Waals surface area (Å²) in [4.78, 5) is 21.0. The van der Waals surface area contributed by atoms with Crippen LogP contribution in [-0.2, 0) is 6.61 Å². The zero-order valence-corrected chi connectivity index (χ0v) is 9.50. The fourth-order valence-electron chi connectivity index (χ4n) is 1.34. The van der Waals surface area contributed by atoms with E-state index in [-0.39, 0.29) is 29.4 Å². The van der Waals surface area contributed by atoms with Gasteiger partial charge in [0.2, 0.25) is 0 Å². The minimum absolute atomic E-state index is 0.0705. The van der Waals surface area contributed by atoms with Gasteiger partial charge in [-0.1, -0.05) is 5.16 Å². The third kappa shape index (κ3) is 2.95. The SMILES string of the molecule is O=Cc1ccc(OCc2cc(C(=O)O)no2)c(F)c1. The van der Waals surface area contributed by atoms with Crippen LogP contribution in [0.15, 0.2) is 28.8 Å². The number of carboxylic acids is 1. The highest BCUT2D eigenvalue weighted by Crippen LogP contribution is 2.19. The fraction of sp³-hybridized carbons (Fsp3) is 0.0833. The summed E-state index contributed by atoms with van der Waals surface area (Å²) in [5.74, 6) is -1.84. The Kier molecular flexibility index (Phi) is 3.56. The van der Waals surface area contributed by atoms with Gasteiger partial charge in [-0.3, -0.25) is 4.79 Å². The Bertz CT molecular complexity index is 622. The molecule has 0 saturated carbocycles. The van der Waals surface area contributed by atoms with E-state index in [1.54, 1.807) is 0 Å². The first-order chi connectivity index (χ1) is 9.10. The molecule has 0 fully saturated rings. The van der Waals surface area contributed by atoms with Gasteiger partial charge in [0.05, 0.1) is 0 Å². The Morgan fingerprint density at radius 1 is 1.47 bits per heavy atom. The second-order valence-electron chi connectivity index (χ2n) is 3.58. The van der Waals surface area contributed by atoms with Crippen LogP contribution in [0, 0.1) is 5.82 Å². The van der Waals surface area contributed by atoms with Gasteiger partial charge in [-0.25, -0.2) is 9.18 Å². The standard InChI is InChI=1S/C12H8FNO5/c13-9-3-7(5-15)1-2-11(9)18-6-8-4-10(12(16)17)14-19-8/h1-5H,6H2,(H,16,17). The maximum absolute atomic E-state index is 13.4. The molecule has 2 rings (SSSR count). The van der Waals surface area contributed by atoms with E-state index in [1.165, 1.54) is 18.2 Å². The zero-order chi connectivity index (χ0) is 13.8. The summed E-state index contributed by atoms with van der Waals surface area (Å²) >= 11 is 0. The number of halogens is 1. The van der Waals surface area contributed by atoms with E-state index in [1.807, 2.05) is 0 Å². The first-order valence-electron chi connectivity index (χ1n) is 5.16. The van der Waals surface area contributed by atoms with Gasteiger partial charge in [0.15, 0.2) is 23.0 Å². The maximum atomic E-state index is 13.4. The number of aromatic nitrogens is 1. The molecule has 0 spiro atoms. The molecule has 0 bridgehead atoms. The summed E-state index contributed by atoms with van der Waals surface area (Å²) in [6.07, 6.45) is 0.516. The molecule has 0 amide bonds. The van der Waals surface area contributed by atoms with Crippen LogP contribution in [0.4, 0.5) is 4.39 Å². The molecule has 0 aliphatic heterocycles. The third-order valence-corrected chi connectivity index (χ3v) is 2.24. The van der Waals surface area contributed by atoms with Crippen molar-refractivity contribution in [3.63, 3.8) is 0 Å². The fourth-order valence-corrected chi connectivity index (χ4v) is 1.34. The molecular weight excluding hydrogens is 257 g/mol. The molecule has 1 heterocycles. The van der Waals surface area contributed by atoms with E-state index >= 15 is 0 Å². The number of benzene rings is 1. The Morgan fingerprint density at radius 2 is 2.26 bits per heavy atom. The van der Waals surface area contributed by atoms with E-state index in [2.05, 4.69) is 5.16 Å². The van der Waals surface area contributed by atoms with Crippen molar-refractivity contribution in [2.24, 2.45) is 0 Å². The number of hydrogen-bond acceptors (Lipinski definition) is 5. The molecule has 0 saturated heterocycles. The summed E-state index contributed by atoms with van der Waals surface area (Å²) < 4.78 is 23.2. The van der Waals surface area contributed by atoms with Gasteiger partial charge in [-0.2, -0.15) is 0 Å². The number of carboxylic acid groups (broad SMARTS) is 1. The summed E-state index contributed by atoms with van der Waals surface area (Å²) in [6.45, 7) is -0.169. The molecule has 98 valence electrons. The van der Waals surface area contributed by atoms with Crippen LogP contribution in [-0.4, -0.2) is 22.5 Å². The minimum atomic E-state index is -1.23. The average molecular weight is 265 g/mol. The highest BCUT2D eigenvalue weighted by Gasteiger charge is 2.12. The Labute approximate surface area is 106 Å². The molecular formula is C12H8FNO5. The Balaban J connectivity index is 2.05. The topological polar surface area (TPSA) is 89.6 Å². The van der Waals surface area contributed by atoms with Gasteiger partial charge >= 0.3 is 5.97 Å². The molecule has 0 aliphatic carbocycles. The van der Waals surface area contributed by atoms with Crippen molar-refractivity contribution < 1.29 is 28.3 Å². The number of rotatable bonds is 5. The number of carbonyl (C=O) groups excluding carboxylic acids is 1. The quantitative estimate of drug-likeness (QED) is 0.830. The van der Waals surface area contributed by atoms with Crippen LogP contribution in [0.3, 0.4) is 0 Å². The normalized spacial score (nSPS) is 10.2. The summed E-state index contributed by atoms with van der Waals surface area (Å²) in [7, 11) is 0. The largest absolute Gasteiger partial charge is 0.482 e. The van der Waals surface area contributed by atoms with Gasteiger partial charge in [0, 0.05) is 11.6 Å². The van der Waals surface area contributed by atoms with Crippen molar-refractivity contribution in [3.05, 3.63) is 47.1 Å². The summed E-state index contributed by atoms with van der Waals surface area (Å²) in [5.41, 5.74) is -0.0620. The van der Waals surface area contributed by atoms with E-state index in [0.29, 0.717) is 6.29 Å². The highest BCUT2D eigenvalue weighted by atomic mass is 19.1. The lowest BCUT2D eigenvalue weighted by Gasteiger charge is -2.04. The van der Waals surface area contributed by atoms with Crippen molar-refractivity contribution in [2.75, 3.05) is 0 Å². The van der Waals surface area contributed by atoms with Crippen LogP contribution in [0.25, 0.3) is 0 Å². The smallest absolute Gasteiger partial charge is 0.358 e. The van der Waals surface area contributed by atoms with Crippen LogP contribution in [0.1, 0.15) is 26.6 Å². The second kappa shape index (κ2) is 5.30. The number of carbonyl (C=O) groups is 2. The number of ether oxygens (including phenoxy) is 1. The van der Waals surface area contributed by atoms with Crippen molar-refractivity contribution in [1.82, 2.24) is 5.16 Å². The Hall–Kier alpha value is -2.70. The molecule has 0 radical (unpaired) electrons. The van der Waals surface area contributed by atoms with E-state index < -0.39 is 11.8 Å². The van der Waals surface area contributed by atoms with Crippen LogP contribution in [0.5, 0.6) is 5.75 Å². The molecule has 1 aromatic carbocycles. The van der Waals surface area contributed by atoms with E-state index in [4.69, 9.17) is 14.4 Å². The molecule has 2 aromatic rings. The van der Waals surface area contributed by atoms with Crippen LogP contribution < -0.4 is 4.74 Å². The third-order valence-electron chi connectivity index (χ3n) is 2.24. The predicted octanol–water partition coefficient (Wildman–Crippen LogP) is 1.90. The molecule has 0 atom stereocenters. The highest BCUT2D eigenvalue weighted by molar-refractivity contribution is 5.85. The van der Waals surface area contributed by atoms with Gasteiger partial charge in [0.25, 0.3) is 0 Å². The van der Waals surface area contributed by atoms with Crippen molar-refractivity contribution in [2.45, 2.75) is 6.61 Å². The number of aldehydes is 1. The van der Waals surface area contributed by atoms with Crippen molar-refractivity contribution in [1.29, 1.82) is 0 Å². The molecule has 19 heavy (non-hydrogen) atoms. The van der Waals surface area contributed by atoms with E-state index in [0.717, 1.165) is 6.07 Å². The van der Waals surface area contributed by atoms with Gasteiger partial charge in [-0.05, 0) is 18.2 Å². The molecule has 1 N–H and O–H groups in total. The lowest BCUT2D eigenvalue weighted by molar-refractivity contribution is 0.0685. The molecule has 1 aromatic heterocycles. The van der Waals surface area contributed by atoms with Crippen molar-refractivity contribution in [3.8, 4) is 5.75 Å². The summed E-state index contributed by atoms with van der Waals surface area (Å²) in [5, 5.41) is 11.9. The number of aromatic carboxylic acids is 1. The lowest BCUT2D eigenvalue weighted by Crippen LogP contribution is -1.97. The monoisotopic (exact) mass is 265 g/mol. The van der Waals surface area contributed by atoms with Crippen molar-refractivity contribution >= 4 is 12.3 Å². The first kappa shape index (κ1) is 12.7. The average Bonchev–Trinajstić information content (AvgIpc) is 2.86. The van der Waals surface area contributed by atoms with Gasteiger partial charge in [0.1, 0.15) is 12.9 Å². The molecule has 7 heteroatoms. The predicted molar refractivity (Wildman–Crippen MR) is 59.6 cm³/mol. The van der Waals surface area contributed by atoms with E-state index in [9.17, 15) is 14.0 Å². The summed E-state index contributed by atoms with van der Waals surface area (Å²) in [6, 6.07) is 4.91. The number of nitrogens with zero attached hydrogens (tertiary/aromatic N) is 1. The molecule has 0 unspecified atom stereocenters. The first-order valence-corrected chi connectivity index (χ1v) is 5.16. The van der Waals surface area contributed by atoms with Gasteiger partial charge in [-0.15, -0.1) is 0 Å². The zero-order valence-electron chi connectivity index (χ0n) is 9.50. The van der Waals surface area contributed by atoms with Crippen LogP contribution in [0.2, 0.25) is 0 Å². The van der Waals surface area contributed by atoms with Gasteiger partial charge < -0.3 is 14.4 Å². The second-order valence-corrected chi connectivity index (χ2v) is 3.58. The lowest BCUT2D eigenvalue weighted by atomic mass is 10.2.